The smallest absolute Gasteiger partial charge is 0.414 e. The third kappa shape index (κ3) is 7.08. The second-order valence-corrected chi connectivity index (χ2v) is 7.92. The summed E-state index contributed by atoms with van der Waals surface area (Å²) in [5, 5.41) is 18.7. The minimum atomic E-state index is -1.82. The number of aromatic nitrogens is 1. The number of amides is 2. The Balaban J connectivity index is 0.000000509. The fourth-order valence-corrected chi connectivity index (χ4v) is 3.68. The number of carboxylic acids is 2. The Morgan fingerprint density at radius 1 is 0.886 bits per heavy atom. The second-order valence-electron chi connectivity index (χ2n) is 7.92. The number of carboxylic acid groups (broad SMARTS) is 2. The van der Waals surface area contributed by atoms with Crippen LogP contribution in [0.25, 0.3) is 10.9 Å². The van der Waals surface area contributed by atoms with E-state index in [0.29, 0.717) is 38.3 Å². The van der Waals surface area contributed by atoms with E-state index in [4.69, 9.17) is 19.8 Å². The Morgan fingerprint density at radius 2 is 1.49 bits per heavy atom. The summed E-state index contributed by atoms with van der Waals surface area (Å²) in [6.07, 6.45) is 0. The molecule has 182 valence electrons. The Bertz CT molecular complexity index is 1210. The van der Waals surface area contributed by atoms with E-state index >= 15 is 0 Å². The first-order valence-corrected chi connectivity index (χ1v) is 10.9. The molecular formula is C25H26N4O6. The molecule has 0 radical (unpaired) electrons. The van der Waals surface area contributed by atoms with Gasteiger partial charge in [0.15, 0.2) is 0 Å². The minimum absolute atomic E-state index is 0.0495. The fraction of sp³-hybridized carbons (Fsp3) is 0.240. The van der Waals surface area contributed by atoms with E-state index in [-0.39, 0.29) is 11.8 Å². The summed E-state index contributed by atoms with van der Waals surface area (Å²) < 4.78 is 0. The number of benzene rings is 2. The molecule has 3 aromatic rings. The van der Waals surface area contributed by atoms with E-state index in [0.717, 1.165) is 22.3 Å². The number of carbonyl (C=O) groups is 4. The van der Waals surface area contributed by atoms with Crippen LogP contribution in [-0.2, 0) is 14.4 Å². The van der Waals surface area contributed by atoms with E-state index in [9.17, 15) is 9.59 Å². The van der Waals surface area contributed by atoms with E-state index in [1.165, 1.54) is 0 Å². The van der Waals surface area contributed by atoms with Gasteiger partial charge in [-0.05, 0) is 31.2 Å². The lowest BCUT2D eigenvalue weighted by Crippen LogP contribution is -2.50. The van der Waals surface area contributed by atoms with Crippen molar-refractivity contribution in [2.24, 2.45) is 0 Å². The zero-order valence-electron chi connectivity index (χ0n) is 19.2. The molecule has 1 fully saturated rings. The molecule has 1 aromatic heterocycles. The number of fused-ring (bicyclic) bond motifs is 1. The van der Waals surface area contributed by atoms with Gasteiger partial charge in [0.05, 0.1) is 17.7 Å². The first-order chi connectivity index (χ1) is 16.7. The van der Waals surface area contributed by atoms with Gasteiger partial charge in [-0.3, -0.25) is 19.5 Å². The third-order valence-corrected chi connectivity index (χ3v) is 5.35. The number of aryl methyl sites for hydroxylation is 1. The zero-order valence-corrected chi connectivity index (χ0v) is 19.2. The van der Waals surface area contributed by atoms with E-state index in [1.807, 2.05) is 72.5 Å². The van der Waals surface area contributed by atoms with Gasteiger partial charge < -0.3 is 20.4 Å². The average Bonchev–Trinajstić information content (AvgIpc) is 2.85. The lowest BCUT2D eigenvalue weighted by Gasteiger charge is -2.34. The topological polar surface area (TPSA) is 140 Å². The SMILES string of the molecule is Cc1cc(NC(=O)CN2CCN(C(=O)c3ccccc3)CC2)c2ccccc2n1.O=C(O)C(=O)O. The van der Waals surface area contributed by atoms with Gasteiger partial charge in [-0.2, -0.15) is 0 Å². The first kappa shape index (κ1) is 25.3. The monoisotopic (exact) mass is 478 g/mol. The van der Waals surface area contributed by atoms with Crippen LogP contribution in [0.1, 0.15) is 16.1 Å². The minimum Gasteiger partial charge on any atom is -0.473 e. The van der Waals surface area contributed by atoms with Crippen LogP contribution in [-0.4, -0.2) is 81.5 Å². The number of rotatable bonds is 4. The second kappa shape index (κ2) is 11.7. The van der Waals surface area contributed by atoms with Crippen LogP contribution < -0.4 is 5.32 Å². The molecule has 1 saturated heterocycles. The van der Waals surface area contributed by atoms with Crippen LogP contribution in [0.4, 0.5) is 5.69 Å². The molecular weight excluding hydrogens is 452 g/mol. The van der Waals surface area contributed by atoms with Gasteiger partial charge in [-0.25, -0.2) is 9.59 Å². The lowest BCUT2D eigenvalue weighted by molar-refractivity contribution is -0.159. The fourth-order valence-electron chi connectivity index (χ4n) is 3.68. The number of carbonyl (C=O) groups excluding carboxylic acids is 2. The average molecular weight is 479 g/mol. The highest BCUT2D eigenvalue weighted by molar-refractivity contribution is 6.27. The maximum atomic E-state index is 12.6. The quantitative estimate of drug-likeness (QED) is 0.484. The summed E-state index contributed by atoms with van der Waals surface area (Å²) in [6.45, 7) is 4.84. The normalized spacial score (nSPS) is 13.5. The number of piperazine rings is 1. The summed E-state index contributed by atoms with van der Waals surface area (Å²) in [5.41, 5.74) is 3.23. The molecule has 10 heteroatoms. The van der Waals surface area contributed by atoms with Crippen molar-refractivity contribution in [2.45, 2.75) is 6.92 Å². The molecule has 35 heavy (non-hydrogen) atoms. The van der Waals surface area contributed by atoms with Crippen molar-refractivity contribution in [1.29, 1.82) is 0 Å². The van der Waals surface area contributed by atoms with E-state index in [1.54, 1.807) is 0 Å². The highest BCUT2D eigenvalue weighted by atomic mass is 16.4. The molecule has 2 amide bonds. The zero-order chi connectivity index (χ0) is 25.4. The number of nitrogens with zero attached hydrogens (tertiary/aromatic N) is 3. The summed E-state index contributed by atoms with van der Waals surface area (Å²) in [5.74, 6) is -3.65. The van der Waals surface area contributed by atoms with Crippen molar-refractivity contribution < 1.29 is 29.4 Å². The van der Waals surface area contributed by atoms with Gasteiger partial charge in [0.2, 0.25) is 5.91 Å². The molecule has 10 nitrogen and oxygen atoms in total. The molecule has 0 atom stereocenters. The molecule has 2 aromatic carbocycles. The number of hydrogen-bond donors (Lipinski definition) is 3. The number of aliphatic carboxylic acids is 2. The van der Waals surface area contributed by atoms with Gasteiger partial charge in [0.25, 0.3) is 5.91 Å². The molecule has 0 saturated carbocycles. The standard InChI is InChI=1S/C23H24N4O2.C2H2O4/c1-17-15-21(19-9-5-6-10-20(19)24-17)25-22(28)16-26-11-13-27(14-12-26)23(29)18-7-3-2-4-8-18;3-1(4)2(5)6/h2-10,15H,11-14,16H2,1H3,(H,24,25,28);(H,3,4)(H,5,6). The molecule has 0 aliphatic carbocycles. The Kier molecular flexibility index (Phi) is 8.47. The molecule has 0 unspecified atom stereocenters. The number of nitrogens with one attached hydrogen (secondary N) is 1. The van der Waals surface area contributed by atoms with Crippen LogP contribution in [0.15, 0.2) is 60.7 Å². The molecule has 0 bridgehead atoms. The van der Waals surface area contributed by atoms with E-state index < -0.39 is 11.9 Å². The summed E-state index contributed by atoms with van der Waals surface area (Å²) in [4.78, 5) is 51.8. The van der Waals surface area contributed by atoms with Gasteiger partial charge in [-0.1, -0.05) is 36.4 Å². The molecule has 2 heterocycles. The van der Waals surface area contributed by atoms with Crippen LogP contribution in [0.3, 0.4) is 0 Å². The third-order valence-electron chi connectivity index (χ3n) is 5.35. The van der Waals surface area contributed by atoms with E-state index in [2.05, 4.69) is 15.2 Å². The van der Waals surface area contributed by atoms with Crippen LogP contribution in [0, 0.1) is 6.92 Å². The van der Waals surface area contributed by atoms with Crippen molar-refractivity contribution in [3.63, 3.8) is 0 Å². The van der Waals surface area contributed by atoms with Crippen molar-refractivity contribution in [2.75, 3.05) is 38.0 Å². The maximum Gasteiger partial charge on any atom is 0.414 e. The number of hydrogen-bond acceptors (Lipinski definition) is 6. The van der Waals surface area contributed by atoms with Crippen molar-refractivity contribution in [1.82, 2.24) is 14.8 Å². The molecule has 0 spiro atoms. The van der Waals surface area contributed by atoms with Crippen molar-refractivity contribution in [3.8, 4) is 0 Å². The predicted octanol–water partition coefficient (Wildman–Crippen LogP) is 2.10. The highest BCUT2D eigenvalue weighted by Gasteiger charge is 2.23. The molecule has 4 rings (SSSR count). The van der Waals surface area contributed by atoms with Crippen LogP contribution in [0.5, 0.6) is 0 Å². The highest BCUT2D eigenvalue weighted by Crippen LogP contribution is 2.23. The maximum absolute atomic E-state index is 12.6. The van der Waals surface area contributed by atoms with Crippen molar-refractivity contribution in [3.05, 3.63) is 71.9 Å². The van der Waals surface area contributed by atoms with Crippen molar-refractivity contribution >= 4 is 40.3 Å². The van der Waals surface area contributed by atoms with Gasteiger partial charge >= 0.3 is 11.9 Å². The van der Waals surface area contributed by atoms with Gasteiger partial charge in [-0.15, -0.1) is 0 Å². The Morgan fingerprint density at radius 3 is 2.11 bits per heavy atom. The molecule has 1 aliphatic rings. The number of para-hydroxylation sites is 1. The number of anilines is 1. The Hall–Kier alpha value is -4.31. The summed E-state index contributed by atoms with van der Waals surface area (Å²) in [6, 6.07) is 19.0. The lowest BCUT2D eigenvalue weighted by atomic mass is 10.1. The molecule has 1 aliphatic heterocycles. The summed E-state index contributed by atoms with van der Waals surface area (Å²) in [7, 11) is 0. The Labute approximate surface area is 201 Å². The largest absolute Gasteiger partial charge is 0.473 e. The summed E-state index contributed by atoms with van der Waals surface area (Å²) >= 11 is 0. The van der Waals surface area contributed by atoms with Crippen LogP contribution >= 0.6 is 0 Å². The number of pyridine rings is 1. The van der Waals surface area contributed by atoms with Gasteiger partial charge in [0.1, 0.15) is 0 Å². The molecule has 3 N–H and O–H groups in total. The van der Waals surface area contributed by atoms with Gasteiger partial charge in [0, 0.05) is 42.8 Å². The predicted molar refractivity (Wildman–Crippen MR) is 129 cm³/mol. The van der Waals surface area contributed by atoms with Crippen LogP contribution in [0.2, 0.25) is 0 Å². The first-order valence-electron chi connectivity index (χ1n) is 10.9.